The maximum Gasteiger partial charge on any atom is 0.337 e. The summed E-state index contributed by atoms with van der Waals surface area (Å²) >= 11 is 17.9. The number of halogens is 3. The standard InChI is InChI=1S/C20H14Cl3N3O4/c1-3-30-18(29)13-9(2)26(11-6-4-10(21)5-7-11)19(25)20(13)12(8-24)16(27)14(22)15(23)17(20)28/h4-7,25,27H,3H2,1-2H3. The highest BCUT2D eigenvalue weighted by Gasteiger charge is 2.63. The molecule has 1 heterocycles. The average molecular weight is 467 g/mol. The van der Waals surface area contributed by atoms with Gasteiger partial charge >= 0.3 is 5.97 Å². The van der Waals surface area contributed by atoms with Crippen molar-refractivity contribution in [3.63, 3.8) is 0 Å². The third kappa shape index (κ3) is 2.83. The molecule has 154 valence electrons. The number of benzene rings is 1. The molecule has 0 fully saturated rings. The van der Waals surface area contributed by atoms with Gasteiger partial charge in [-0.05, 0) is 38.1 Å². The van der Waals surface area contributed by atoms with E-state index in [0.717, 1.165) is 0 Å². The average Bonchev–Trinajstić information content (AvgIpc) is 2.94. The fourth-order valence-electron chi connectivity index (χ4n) is 3.62. The molecule has 30 heavy (non-hydrogen) atoms. The number of hydrogen-bond acceptors (Lipinski definition) is 6. The van der Waals surface area contributed by atoms with Crippen LogP contribution in [-0.2, 0) is 14.3 Å². The van der Waals surface area contributed by atoms with Crippen LogP contribution >= 0.6 is 34.8 Å². The van der Waals surface area contributed by atoms with Gasteiger partial charge in [-0.25, -0.2) is 4.79 Å². The van der Waals surface area contributed by atoms with Gasteiger partial charge in [0.25, 0.3) is 0 Å². The fraction of sp³-hybridized carbons (Fsp3) is 0.200. The van der Waals surface area contributed by atoms with Crippen LogP contribution in [0.4, 0.5) is 5.69 Å². The van der Waals surface area contributed by atoms with Crippen molar-refractivity contribution in [2.75, 3.05) is 11.5 Å². The number of Topliss-reactive ketones (excluding diaryl/α,β-unsaturated/α-hetero) is 1. The zero-order valence-electron chi connectivity index (χ0n) is 15.7. The smallest absolute Gasteiger partial charge is 0.337 e. The monoisotopic (exact) mass is 465 g/mol. The summed E-state index contributed by atoms with van der Waals surface area (Å²) in [5.41, 5.74) is -2.60. The quantitative estimate of drug-likeness (QED) is 0.631. The highest BCUT2D eigenvalue weighted by Crippen LogP contribution is 2.54. The Kier molecular flexibility index (Phi) is 5.70. The number of amidine groups is 1. The van der Waals surface area contributed by atoms with E-state index < -0.39 is 44.4 Å². The van der Waals surface area contributed by atoms with Crippen molar-refractivity contribution in [2.24, 2.45) is 5.41 Å². The normalized spacial score (nSPS) is 21.7. The van der Waals surface area contributed by atoms with Crippen molar-refractivity contribution < 1.29 is 19.4 Å². The summed E-state index contributed by atoms with van der Waals surface area (Å²) < 4.78 is 5.11. The first-order valence-corrected chi connectivity index (χ1v) is 9.75. The Labute approximate surface area is 186 Å². The highest BCUT2D eigenvalue weighted by molar-refractivity contribution is 6.53. The predicted octanol–water partition coefficient (Wildman–Crippen LogP) is 4.57. The lowest BCUT2D eigenvalue weighted by molar-refractivity contribution is -0.140. The number of rotatable bonds is 3. The summed E-state index contributed by atoms with van der Waals surface area (Å²) in [5, 5.41) is 28.4. The van der Waals surface area contributed by atoms with E-state index in [1.807, 2.05) is 0 Å². The van der Waals surface area contributed by atoms with E-state index in [1.54, 1.807) is 37.3 Å². The van der Waals surface area contributed by atoms with E-state index in [1.165, 1.54) is 11.8 Å². The van der Waals surface area contributed by atoms with Crippen molar-refractivity contribution in [3.8, 4) is 6.07 Å². The van der Waals surface area contributed by atoms with Gasteiger partial charge < -0.3 is 14.7 Å². The van der Waals surface area contributed by atoms with Gasteiger partial charge in [0, 0.05) is 16.4 Å². The minimum Gasteiger partial charge on any atom is -0.505 e. The number of nitrogens with one attached hydrogen (secondary N) is 1. The van der Waals surface area contributed by atoms with Crippen LogP contribution in [0.2, 0.25) is 5.02 Å². The van der Waals surface area contributed by atoms with Gasteiger partial charge in [-0.2, -0.15) is 5.26 Å². The lowest BCUT2D eigenvalue weighted by Crippen LogP contribution is -2.48. The van der Waals surface area contributed by atoms with Crippen LogP contribution in [0.5, 0.6) is 0 Å². The Morgan fingerprint density at radius 2 is 1.87 bits per heavy atom. The van der Waals surface area contributed by atoms with Crippen LogP contribution in [0, 0.1) is 22.2 Å². The number of hydrogen-bond donors (Lipinski definition) is 2. The molecule has 0 radical (unpaired) electrons. The number of anilines is 1. The molecule has 0 saturated heterocycles. The molecule has 1 spiro atoms. The maximum atomic E-state index is 13.4. The number of carbonyl (C=O) groups is 2. The molecule has 0 bridgehead atoms. The lowest BCUT2D eigenvalue weighted by Gasteiger charge is -2.33. The number of nitrogens with zero attached hydrogens (tertiary/aromatic N) is 2. The molecule has 1 aromatic carbocycles. The van der Waals surface area contributed by atoms with Gasteiger partial charge in [-0.1, -0.05) is 34.8 Å². The molecule has 10 heteroatoms. The van der Waals surface area contributed by atoms with Gasteiger partial charge in [0.2, 0.25) is 0 Å². The Bertz CT molecular complexity index is 1130. The van der Waals surface area contributed by atoms with E-state index in [-0.39, 0.29) is 17.9 Å². The SMILES string of the molecule is CCOC(=O)C1=C(C)N(c2ccc(Cl)cc2)C(=N)C12C(=O)C(Cl)=C(Cl)C(O)=C2C#N. The van der Waals surface area contributed by atoms with E-state index in [4.69, 9.17) is 44.9 Å². The summed E-state index contributed by atoms with van der Waals surface area (Å²) in [6.45, 7) is 3.05. The second-order valence-corrected chi connectivity index (χ2v) is 7.58. The van der Waals surface area contributed by atoms with Crippen LogP contribution in [0.3, 0.4) is 0 Å². The van der Waals surface area contributed by atoms with Gasteiger partial charge in [0.1, 0.15) is 22.0 Å². The molecule has 1 unspecified atom stereocenters. The number of ether oxygens (including phenoxy) is 1. The zero-order chi connectivity index (χ0) is 22.4. The molecule has 3 rings (SSSR count). The van der Waals surface area contributed by atoms with E-state index in [0.29, 0.717) is 10.7 Å². The molecular weight excluding hydrogens is 453 g/mol. The molecule has 7 nitrogen and oxygen atoms in total. The molecule has 0 amide bonds. The van der Waals surface area contributed by atoms with Crippen LogP contribution in [0.1, 0.15) is 13.8 Å². The van der Waals surface area contributed by atoms with Gasteiger partial charge in [0.15, 0.2) is 17.0 Å². The van der Waals surface area contributed by atoms with E-state index in [2.05, 4.69) is 0 Å². The Morgan fingerprint density at radius 1 is 1.27 bits per heavy atom. The first-order chi connectivity index (χ1) is 14.1. The molecule has 1 aliphatic carbocycles. The van der Waals surface area contributed by atoms with Crippen molar-refractivity contribution in [1.29, 1.82) is 10.7 Å². The van der Waals surface area contributed by atoms with Crippen molar-refractivity contribution in [3.05, 3.63) is 62.0 Å². The lowest BCUT2D eigenvalue weighted by atomic mass is 9.68. The van der Waals surface area contributed by atoms with Gasteiger partial charge in [-0.3, -0.25) is 10.2 Å². The number of carbonyl (C=O) groups excluding carboxylic acids is 2. The van der Waals surface area contributed by atoms with Gasteiger partial charge in [0.05, 0.1) is 17.8 Å². The first kappa shape index (κ1) is 21.9. The third-order valence-electron chi connectivity index (χ3n) is 4.88. The first-order valence-electron chi connectivity index (χ1n) is 8.61. The number of aliphatic hydroxyl groups excluding tert-OH is 1. The zero-order valence-corrected chi connectivity index (χ0v) is 18.0. The van der Waals surface area contributed by atoms with Crippen molar-refractivity contribution in [1.82, 2.24) is 0 Å². The number of allylic oxidation sites excluding steroid dienone is 3. The number of ketones is 1. The summed E-state index contributed by atoms with van der Waals surface area (Å²) in [7, 11) is 0. The molecule has 2 N–H and O–H groups in total. The molecule has 0 saturated carbocycles. The maximum absolute atomic E-state index is 13.4. The number of esters is 1. The molecular formula is C20H14Cl3N3O4. The third-order valence-corrected chi connectivity index (χ3v) is 5.96. The van der Waals surface area contributed by atoms with Crippen LogP contribution in [0.15, 0.2) is 56.9 Å². The summed E-state index contributed by atoms with van der Waals surface area (Å²) in [6, 6.07) is 8.02. The van der Waals surface area contributed by atoms with Crippen molar-refractivity contribution in [2.45, 2.75) is 13.8 Å². The highest BCUT2D eigenvalue weighted by atomic mass is 35.5. The molecule has 1 atom stereocenters. The Hall–Kier alpha value is -2.79. The minimum absolute atomic E-state index is 0.0178. The van der Waals surface area contributed by atoms with E-state index in [9.17, 15) is 20.0 Å². The second-order valence-electron chi connectivity index (χ2n) is 6.38. The number of aliphatic hydroxyl groups is 1. The van der Waals surface area contributed by atoms with Crippen LogP contribution < -0.4 is 4.90 Å². The Morgan fingerprint density at radius 3 is 2.40 bits per heavy atom. The summed E-state index contributed by atoms with van der Waals surface area (Å²) in [4.78, 5) is 27.6. The molecule has 1 aromatic rings. The molecule has 2 aliphatic rings. The topological polar surface area (TPSA) is 114 Å². The fourth-order valence-corrected chi connectivity index (χ4v) is 4.16. The van der Waals surface area contributed by atoms with Gasteiger partial charge in [-0.15, -0.1) is 0 Å². The molecule has 0 aromatic heterocycles. The van der Waals surface area contributed by atoms with E-state index >= 15 is 0 Å². The summed E-state index contributed by atoms with van der Waals surface area (Å²) in [6.07, 6.45) is 0. The van der Waals surface area contributed by atoms with Crippen LogP contribution in [-0.4, -0.2) is 29.3 Å². The predicted molar refractivity (Wildman–Crippen MR) is 112 cm³/mol. The van der Waals surface area contributed by atoms with Crippen molar-refractivity contribution >= 4 is 58.1 Å². The Balaban J connectivity index is 2.40. The largest absolute Gasteiger partial charge is 0.505 e. The van der Waals surface area contributed by atoms with Crippen LogP contribution in [0.25, 0.3) is 0 Å². The summed E-state index contributed by atoms with van der Waals surface area (Å²) in [5.74, 6) is -3.15. The minimum atomic E-state index is -2.30. The number of nitriles is 1. The molecule has 1 aliphatic heterocycles. The second kappa shape index (κ2) is 7.80.